The van der Waals surface area contributed by atoms with Crippen LogP contribution in [0.1, 0.15) is 11.1 Å². The number of nitrogens with zero attached hydrogens (tertiary/aromatic N) is 2. The molecule has 0 aliphatic rings. The van der Waals surface area contributed by atoms with Crippen molar-refractivity contribution in [3.05, 3.63) is 40.1 Å². The second kappa shape index (κ2) is 5.35. The van der Waals surface area contributed by atoms with Crippen molar-refractivity contribution < 1.29 is 4.74 Å². The monoisotopic (exact) mass is 307 g/mol. The molecule has 0 atom stereocenters. The number of anilines is 1. The van der Waals surface area contributed by atoms with E-state index in [1.165, 1.54) is 6.33 Å². The van der Waals surface area contributed by atoms with Gasteiger partial charge in [-0.25, -0.2) is 9.97 Å². The largest absolute Gasteiger partial charge is 0.437 e. The normalized spacial score (nSPS) is 10.2. The van der Waals surface area contributed by atoms with Crippen LogP contribution in [0.2, 0.25) is 0 Å². The molecule has 0 fully saturated rings. The van der Waals surface area contributed by atoms with Gasteiger partial charge in [0, 0.05) is 7.05 Å². The number of hydrogen-bond acceptors (Lipinski definition) is 4. The molecule has 1 aromatic carbocycles. The van der Waals surface area contributed by atoms with E-state index in [1.807, 2.05) is 26.0 Å². The standard InChI is InChI=1S/C13H14BrN3O/c1-8-4-5-9(2)10(6-8)18-13-11(14)12(15-3)16-7-17-13/h4-7H,1-3H3,(H,15,16,17). The second-order valence-corrected chi connectivity index (χ2v) is 4.76. The van der Waals surface area contributed by atoms with Gasteiger partial charge in [-0.2, -0.15) is 0 Å². The molecule has 1 N–H and O–H groups in total. The third-order valence-electron chi connectivity index (χ3n) is 2.54. The summed E-state index contributed by atoms with van der Waals surface area (Å²) in [5, 5.41) is 2.97. The summed E-state index contributed by atoms with van der Waals surface area (Å²) >= 11 is 3.43. The first kappa shape index (κ1) is 12.8. The Balaban J connectivity index is 2.37. The fraction of sp³-hybridized carbons (Fsp3) is 0.231. The SMILES string of the molecule is CNc1ncnc(Oc2cc(C)ccc2C)c1Br. The van der Waals surface area contributed by atoms with E-state index in [2.05, 4.69) is 37.3 Å². The first-order chi connectivity index (χ1) is 8.61. The van der Waals surface area contributed by atoms with Gasteiger partial charge >= 0.3 is 0 Å². The maximum absolute atomic E-state index is 5.83. The van der Waals surface area contributed by atoms with Crippen molar-refractivity contribution in [2.75, 3.05) is 12.4 Å². The molecule has 0 radical (unpaired) electrons. The van der Waals surface area contributed by atoms with Crippen LogP contribution in [0.4, 0.5) is 5.82 Å². The molecule has 0 unspecified atom stereocenters. The maximum atomic E-state index is 5.83. The van der Waals surface area contributed by atoms with Gasteiger partial charge in [0.15, 0.2) is 0 Å². The smallest absolute Gasteiger partial charge is 0.238 e. The predicted molar refractivity (Wildman–Crippen MR) is 75.3 cm³/mol. The minimum Gasteiger partial charge on any atom is -0.437 e. The second-order valence-electron chi connectivity index (χ2n) is 3.96. The molecule has 0 saturated carbocycles. The Morgan fingerprint density at radius 1 is 1.22 bits per heavy atom. The Bertz CT molecular complexity index is 572. The van der Waals surface area contributed by atoms with Crippen LogP contribution in [0.15, 0.2) is 29.0 Å². The molecular formula is C13H14BrN3O. The number of rotatable bonds is 3. The molecule has 0 bridgehead atoms. The zero-order valence-corrected chi connectivity index (χ0v) is 12.1. The van der Waals surface area contributed by atoms with Crippen molar-refractivity contribution in [2.24, 2.45) is 0 Å². The Labute approximate surface area is 115 Å². The molecule has 1 heterocycles. The molecule has 2 rings (SSSR count). The van der Waals surface area contributed by atoms with E-state index in [0.717, 1.165) is 16.9 Å². The van der Waals surface area contributed by atoms with Gasteiger partial charge in [-0.3, -0.25) is 0 Å². The van der Waals surface area contributed by atoms with E-state index in [-0.39, 0.29) is 0 Å². The topological polar surface area (TPSA) is 47.0 Å². The summed E-state index contributed by atoms with van der Waals surface area (Å²) < 4.78 is 6.54. The molecule has 5 heteroatoms. The van der Waals surface area contributed by atoms with Crippen LogP contribution in [0.25, 0.3) is 0 Å². The number of hydrogen-bond donors (Lipinski definition) is 1. The predicted octanol–water partition coefficient (Wildman–Crippen LogP) is 3.69. The van der Waals surface area contributed by atoms with Gasteiger partial charge in [-0.1, -0.05) is 12.1 Å². The maximum Gasteiger partial charge on any atom is 0.238 e. The fourth-order valence-electron chi connectivity index (χ4n) is 1.52. The van der Waals surface area contributed by atoms with E-state index >= 15 is 0 Å². The van der Waals surface area contributed by atoms with Crippen molar-refractivity contribution in [3.8, 4) is 11.6 Å². The van der Waals surface area contributed by atoms with Crippen LogP contribution in [-0.2, 0) is 0 Å². The molecule has 0 spiro atoms. The molecule has 1 aromatic heterocycles. The van der Waals surface area contributed by atoms with Crippen molar-refractivity contribution in [2.45, 2.75) is 13.8 Å². The van der Waals surface area contributed by atoms with E-state index < -0.39 is 0 Å². The molecule has 0 amide bonds. The number of benzene rings is 1. The van der Waals surface area contributed by atoms with Gasteiger partial charge in [0.05, 0.1) is 0 Å². The summed E-state index contributed by atoms with van der Waals surface area (Å²) in [6.07, 6.45) is 1.47. The van der Waals surface area contributed by atoms with Gasteiger partial charge in [0.2, 0.25) is 5.88 Å². The average Bonchev–Trinajstić information content (AvgIpc) is 2.36. The van der Waals surface area contributed by atoms with Gasteiger partial charge in [-0.15, -0.1) is 0 Å². The van der Waals surface area contributed by atoms with Crippen LogP contribution >= 0.6 is 15.9 Å². The number of aromatic nitrogens is 2. The molecule has 94 valence electrons. The van der Waals surface area contributed by atoms with Gasteiger partial charge in [0.1, 0.15) is 22.4 Å². The highest BCUT2D eigenvalue weighted by Crippen LogP contribution is 2.33. The lowest BCUT2D eigenvalue weighted by atomic mass is 10.1. The Hall–Kier alpha value is -1.62. The highest BCUT2D eigenvalue weighted by molar-refractivity contribution is 9.10. The summed E-state index contributed by atoms with van der Waals surface area (Å²) in [5.41, 5.74) is 2.21. The molecule has 0 aliphatic carbocycles. The number of ether oxygens (including phenoxy) is 1. The quantitative estimate of drug-likeness (QED) is 0.939. The summed E-state index contributed by atoms with van der Waals surface area (Å²) in [6, 6.07) is 6.07. The summed E-state index contributed by atoms with van der Waals surface area (Å²) in [7, 11) is 1.80. The third kappa shape index (κ3) is 2.61. The molecule has 2 aromatic rings. The van der Waals surface area contributed by atoms with Crippen molar-refractivity contribution >= 4 is 21.7 Å². The minimum atomic E-state index is 0.503. The number of halogens is 1. The Morgan fingerprint density at radius 2 is 2.00 bits per heavy atom. The molecule has 0 saturated heterocycles. The van der Waals surface area contributed by atoms with Crippen LogP contribution in [0, 0.1) is 13.8 Å². The van der Waals surface area contributed by atoms with E-state index in [0.29, 0.717) is 16.2 Å². The van der Waals surface area contributed by atoms with Crippen molar-refractivity contribution in [3.63, 3.8) is 0 Å². The first-order valence-electron chi connectivity index (χ1n) is 5.55. The van der Waals surface area contributed by atoms with Crippen LogP contribution < -0.4 is 10.1 Å². The average molecular weight is 308 g/mol. The lowest BCUT2D eigenvalue weighted by Gasteiger charge is -2.11. The molecule has 4 nitrogen and oxygen atoms in total. The zero-order chi connectivity index (χ0) is 13.1. The highest BCUT2D eigenvalue weighted by atomic mass is 79.9. The zero-order valence-electron chi connectivity index (χ0n) is 10.5. The number of aryl methyl sites for hydroxylation is 2. The van der Waals surface area contributed by atoms with Crippen molar-refractivity contribution in [1.82, 2.24) is 9.97 Å². The molecule has 18 heavy (non-hydrogen) atoms. The summed E-state index contributed by atoms with van der Waals surface area (Å²) in [4.78, 5) is 8.22. The van der Waals surface area contributed by atoms with Crippen LogP contribution in [0.5, 0.6) is 11.6 Å². The molecular weight excluding hydrogens is 294 g/mol. The number of nitrogens with one attached hydrogen (secondary N) is 1. The first-order valence-corrected chi connectivity index (χ1v) is 6.34. The van der Waals surface area contributed by atoms with Gasteiger partial charge in [0.25, 0.3) is 0 Å². The Kier molecular flexibility index (Phi) is 3.81. The lowest BCUT2D eigenvalue weighted by Crippen LogP contribution is -1.98. The minimum absolute atomic E-state index is 0.503. The Morgan fingerprint density at radius 3 is 2.72 bits per heavy atom. The van der Waals surface area contributed by atoms with Crippen molar-refractivity contribution in [1.29, 1.82) is 0 Å². The lowest BCUT2D eigenvalue weighted by molar-refractivity contribution is 0.455. The summed E-state index contributed by atoms with van der Waals surface area (Å²) in [6.45, 7) is 4.03. The third-order valence-corrected chi connectivity index (χ3v) is 3.26. The van der Waals surface area contributed by atoms with E-state index in [1.54, 1.807) is 7.05 Å². The van der Waals surface area contributed by atoms with E-state index in [9.17, 15) is 0 Å². The van der Waals surface area contributed by atoms with Crippen LogP contribution in [-0.4, -0.2) is 17.0 Å². The van der Waals surface area contributed by atoms with Crippen LogP contribution in [0.3, 0.4) is 0 Å². The summed E-state index contributed by atoms with van der Waals surface area (Å²) in [5.74, 6) is 2.00. The molecule has 0 aliphatic heterocycles. The van der Waals surface area contributed by atoms with Gasteiger partial charge < -0.3 is 10.1 Å². The van der Waals surface area contributed by atoms with Gasteiger partial charge in [-0.05, 0) is 47.0 Å². The highest BCUT2D eigenvalue weighted by Gasteiger charge is 2.11. The fourth-order valence-corrected chi connectivity index (χ4v) is 2.00. The van der Waals surface area contributed by atoms with E-state index in [4.69, 9.17) is 4.74 Å².